The van der Waals surface area contributed by atoms with Crippen molar-refractivity contribution in [3.05, 3.63) is 58.7 Å². The molecular formula is C19H18N2O2. The summed E-state index contributed by atoms with van der Waals surface area (Å²) in [4.78, 5) is 28.9. The highest BCUT2D eigenvalue weighted by Crippen LogP contribution is 2.27. The Labute approximate surface area is 135 Å². The Balaban J connectivity index is 1.89. The lowest BCUT2D eigenvalue weighted by Crippen LogP contribution is -2.15. The Bertz CT molecular complexity index is 850. The molecule has 4 heteroatoms. The van der Waals surface area contributed by atoms with Gasteiger partial charge >= 0.3 is 0 Å². The van der Waals surface area contributed by atoms with Gasteiger partial charge < -0.3 is 5.32 Å². The Morgan fingerprint density at radius 1 is 1.09 bits per heavy atom. The van der Waals surface area contributed by atoms with Crippen LogP contribution < -0.4 is 5.32 Å². The van der Waals surface area contributed by atoms with Gasteiger partial charge in [0.1, 0.15) is 0 Å². The fourth-order valence-electron chi connectivity index (χ4n) is 2.72. The molecule has 1 aliphatic heterocycles. The van der Waals surface area contributed by atoms with Crippen molar-refractivity contribution < 1.29 is 9.59 Å². The van der Waals surface area contributed by atoms with E-state index in [4.69, 9.17) is 0 Å². The van der Waals surface area contributed by atoms with Crippen molar-refractivity contribution in [2.75, 3.05) is 5.32 Å². The number of anilines is 1. The molecule has 0 fully saturated rings. The number of hydrogen-bond donors (Lipinski definition) is 1. The van der Waals surface area contributed by atoms with E-state index in [1.165, 1.54) is 0 Å². The van der Waals surface area contributed by atoms with E-state index in [0.717, 1.165) is 22.5 Å². The summed E-state index contributed by atoms with van der Waals surface area (Å²) < 4.78 is 0. The number of carbonyl (C=O) groups is 2. The molecular weight excluding hydrogens is 288 g/mol. The SMILES string of the molecule is CC1=Nc2ccc(C(=O)Nc3ccc(C)cc3C)cc2C(=O)C1. The Morgan fingerprint density at radius 3 is 2.61 bits per heavy atom. The van der Waals surface area contributed by atoms with Gasteiger partial charge in [-0.1, -0.05) is 17.7 Å². The minimum atomic E-state index is -0.223. The fraction of sp³-hybridized carbons (Fsp3) is 0.211. The molecule has 0 saturated heterocycles. The number of carbonyl (C=O) groups excluding carboxylic acids is 2. The van der Waals surface area contributed by atoms with Crippen LogP contribution in [0.5, 0.6) is 0 Å². The number of Topliss-reactive ketones (excluding diaryl/α,β-unsaturated/α-hetero) is 1. The van der Waals surface area contributed by atoms with Crippen molar-refractivity contribution in [3.8, 4) is 0 Å². The van der Waals surface area contributed by atoms with Crippen molar-refractivity contribution in [1.82, 2.24) is 0 Å². The molecule has 116 valence electrons. The van der Waals surface area contributed by atoms with Gasteiger partial charge in [0.05, 0.1) is 5.69 Å². The van der Waals surface area contributed by atoms with Crippen LogP contribution in [-0.4, -0.2) is 17.4 Å². The number of aryl methyl sites for hydroxylation is 2. The molecule has 0 aliphatic carbocycles. The largest absolute Gasteiger partial charge is 0.322 e. The third-order valence-electron chi connectivity index (χ3n) is 3.92. The average Bonchev–Trinajstić information content (AvgIpc) is 2.49. The van der Waals surface area contributed by atoms with E-state index in [9.17, 15) is 9.59 Å². The number of nitrogens with one attached hydrogen (secondary N) is 1. The first-order chi connectivity index (χ1) is 10.9. The molecule has 0 unspecified atom stereocenters. The number of benzene rings is 2. The zero-order valence-electron chi connectivity index (χ0n) is 13.4. The Hall–Kier alpha value is -2.75. The molecule has 0 radical (unpaired) electrons. The average molecular weight is 306 g/mol. The lowest BCUT2D eigenvalue weighted by atomic mass is 9.98. The Morgan fingerprint density at radius 2 is 1.87 bits per heavy atom. The van der Waals surface area contributed by atoms with Gasteiger partial charge in [0.2, 0.25) is 0 Å². The Kier molecular flexibility index (Phi) is 3.82. The summed E-state index contributed by atoms with van der Waals surface area (Å²) in [6.45, 7) is 5.80. The van der Waals surface area contributed by atoms with E-state index in [0.29, 0.717) is 23.2 Å². The second-order valence-electron chi connectivity index (χ2n) is 5.95. The second kappa shape index (κ2) is 5.80. The molecule has 2 aromatic carbocycles. The number of aliphatic imine (C=N–C) groups is 1. The van der Waals surface area contributed by atoms with Gasteiger partial charge in [0.25, 0.3) is 5.91 Å². The highest BCUT2D eigenvalue weighted by molar-refractivity contribution is 6.16. The van der Waals surface area contributed by atoms with Gasteiger partial charge in [-0.15, -0.1) is 0 Å². The summed E-state index contributed by atoms with van der Waals surface area (Å²) >= 11 is 0. The smallest absolute Gasteiger partial charge is 0.255 e. The highest BCUT2D eigenvalue weighted by atomic mass is 16.1. The lowest BCUT2D eigenvalue weighted by molar-refractivity contribution is 0.0999. The first kappa shape index (κ1) is 15.2. The summed E-state index contributed by atoms with van der Waals surface area (Å²) in [6.07, 6.45) is 0.315. The van der Waals surface area contributed by atoms with Crippen LogP contribution in [0.3, 0.4) is 0 Å². The standard InChI is InChI=1S/C19H18N2O2/c1-11-4-6-16(12(2)8-11)21-19(23)14-5-7-17-15(10-14)18(22)9-13(3)20-17/h4-8,10H,9H2,1-3H3,(H,21,23). The van der Waals surface area contributed by atoms with Crippen LogP contribution in [-0.2, 0) is 0 Å². The van der Waals surface area contributed by atoms with Crippen molar-refractivity contribution in [2.45, 2.75) is 27.2 Å². The quantitative estimate of drug-likeness (QED) is 0.902. The zero-order valence-corrected chi connectivity index (χ0v) is 13.4. The predicted molar refractivity (Wildman–Crippen MR) is 92.0 cm³/mol. The van der Waals surface area contributed by atoms with E-state index >= 15 is 0 Å². The lowest BCUT2D eigenvalue weighted by Gasteiger charge is -2.14. The zero-order chi connectivity index (χ0) is 16.6. The number of amides is 1. The highest BCUT2D eigenvalue weighted by Gasteiger charge is 2.19. The maximum absolute atomic E-state index is 12.4. The topological polar surface area (TPSA) is 58.5 Å². The summed E-state index contributed by atoms with van der Waals surface area (Å²) in [5.41, 5.74) is 5.35. The second-order valence-corrected chi connectivity index (χ2v) is 5.95. The molecule has 3 rings (SSSR count). The molecule has 0 bridgehead atoms. The van der Waals surface area contributed by atoms with Crippen molar-refractivity contribution in [3.63, 3.8) is 0 Å². The number of fused-ring (bicyclic) bond motifs is 1. The third-order valence-corrected chi connectivity index (χ3v) is 3.92. The van der Waals surface area contributed by atoms with Gasteiger partial charge in [0.15, 0.2) is 5.78 Å². The van der Waals surface area contributed by atoms with E-state index in [2.05, 4.69) is 10.3 Å². The summed E-state index contributed by atoms with van der Waals surface area (Å²) in [6, 6.07) is 10.9. The fourth-order valence-corrected chi connectivity index (χ4v) is 2.72. The van der Waals surface area contributed by atoms with Gasteiger partial charge in [-0.3, -0.25) is 14.6 Å². The predicted octanol–water partition coefficient (Wildman–Crippen LogP) is 4.23. The van der Waals surface area contributed by atoms with Crippen LogP contribution >= 0.6 is 0 Å². The summed E-state index contributed by atoms with van der Waals surface area (Å²) in [5.74, 6) is -0.215. The first-order valence-corrected chi connectivity index (χ1v) is 7.54. The summed E-state index contributed by atoms with van der Waals surface area (Å²) in [5, 5.41) is 2.90. The van der Waals surface area contributed by atoms with E-state index in [1.807, 2.05) is 39.0 Å². The molecule has 0 atom stereocenters. The van der Waals surface area contributed by atoms with Crippen molar-refractivity contribution >= 4 is 28.8 Å². The normalized spacial score (nSPS) is 13.3. The third kappa shape index (κ3) is 3.06. The van der Waals surface area contributed by atoms with Crippen LogP contribution in [0.25, 0.3) is 0 Å². The van der Waals surface area contributed by atoms with Gasteiger partial charge in [0, 0.05) is 28.9 Å². The van der Waals surface area contributed by atoms with Crippen molar-refractivity contribution in [2.24, 2.45) is 4.99 Å². The minimum absolute atomic E-state index is 0.00802. The molecule has 23 heavy (non-hydrogen) atoms. The van der Waals surface area contributed by atoms with Crippen LogP contribution in [0.1, 0.15) is 45.2 Å². The number of ketones is 1. The monoisotopic (exact) mass is 306 g/mol. The van der Waals surface area contributed by atoms with E-state index in [-0.39, 0.29) is 11.7 Å². The van der Waals surface area contributed by atoms with Crippen LogP contribution in [0.4, 0.5) is 11.4 Å². The van der Waals surface area contributed by atoms with Crippen LogP contribution in [0, 0.1) is 13.8 Å². The molecule has 2 aromatic rings. The number of nitrogens with zero attached hydrogens (tertiary/aromatic N) is 1. The minimum Gasteiger partial charge on any atom is -0.322 e. The molecule has 0 aromatic heterocycles. The molecule has 1 heterocycles. The maximum atomic E-state index is 12.4. The van der Waals surface area contributed by atoms with E-state index in [1.54, 1.807) is 18.2 Å². The van der Waals surface area contributed by atoms with Gasteiger partial charge in [-0.2, -0.15) is 0 Å². The first-order valence-electron chi connectivity index (χ1n) is 7.54. The molecule has 1 amide bonds. The number of rotatable bonds is 2. The van der Waals surface area contributed by atoms with Gasteiger partial charge in [-0.25, -0.2) is 0 Å². The van der Waals surface area contributed by atoms with Crippen LogP contribution in [0.2, 0.25) is 0 Å². The summed E-state index contributed by atoms with van der Waals surface area (Å²) in [7, 11) is 0. The van der Waals surface area contributed by atoms with Crippen molar-refractivity contribution in [1.29, 1.82) is 0 Å². The maximum Gasteiger partial charge on any atom is 0.255 e. The molecule has 1 aliphatic rings. The van der Waals surface area contributed by atoms with Crippen LogP contribution in [0.15, 0.2) is 41.4 Å². The molecule has 0 saturated carbocycles. The van der Waals surface area contributed by atoms with Gasteiger partial charge in [-0.05, 0) is 50.6 Å². The molecule has 1 N–H and O–H groups in total. The van der Waals surface area contributed by atoms with E-state index < -0.39 is 0 Å². The molecule has 0 spiro atoms. The molecule has 4 nitrogen and oxygen atoms in total. The number of hydrogen-bond acceptors (Lipinski definition) is 3.